The summed E-state index contributed by atoms with van der Waals surface area (Å²) in [5.74, 6) is -0.0179. The summed E-state index contributed by atoms with van der Waals surface area (Å²) in [7, 11) is 0. The Hall–Kier alpha value is -0.820. The lowest BCUT2D eigenvalue weighted by molar-refractivity contribution is -0.208. The van der Waals surface area contributed by atoms with Gasteiger partial charge < -0.3 is 10.0 Å². The fraction of sp³-hybridized carbons (Fsp3) is 0.923. The Morgan fingerprint density at radius 1 is 1.40 bits per heavy atom. The van der Waals surface area contributed by atoms with Gasteiger partial charge in [0.2, 0.25) is 5.91 Å². The Morgan fingerprint density at radius 3 is 2.55 bits per heavy atom. The van der Waals surface area contributed by atoms with Crippen LogP contribution in [0.15, 0.2) is 0 Å². The van der Waals surface area contributed by atoms with Gasteiger partial charge >= 0.3 is 6.18 Å². The summed E-state index contributed by atoms with van der Waals surface area (Å²) in [6.07, 6.45) is -3.33. The molecule has 0 aromatic rings. The Labute approximate surface area is 116 Å². The molecule has 1 aliphatic carbocycles. The summed E-state index contributed by atoms with van der Waals surface area (Å²) < 4.78 is 37.3. The maximum atomic E-state index is 12.4. The topological polar surface area (TPSA) is 43.8 Å². The minimum Gasteiger partial charge on any atom is -0.382 e. The molecule has 0 aromatic carbocycles. The van der Waals surface area contributed by atoms with Crippen molar-refractivity contribution < 1.29 is 23.1 Å². The van der Waals surface area contributed by atoms with Gasteiger partial charge in [-0.15, -0.1) is 0 Å². The highest BCUT2D eigenvalue weighted by Crippen LogP contribution is 2.30. The molecule has 0 aromatic heterocycles. The zero-order valence-corrected chi connectivity index (χ0v) is 11.6. The molecule has 1 heterocycles. The third-order valence-corrected chi connectivity index (χ3v) is 4.08. The average molecular weight is 294 g/mol. The maximum absolute atomic E-state index is 12.4. The molecule has 2 atom stereocenters. The fourth-order valence-electron chi connectivity index (χ4n) is 2.82. The van der Waals surface area contributed by atoms with Crippen molar-refractivity contribution in [3.8, 4) is 0 Å². The van der Waals surface area contributed by atoms with Crippen molar-refractivity contribution in [2.45, 2.75) is 57.0 Å². The molecule has 1 amide bonds. The minimum absolute atomic E-state index is 0.0179. The molecule has 4 nitrogen and oxygen atoms in total. The second-order valence-corrected chi connectivity index (χ2v) is 5.75. The number of hydrogen-bond acceptors (Lipinski definition) is 3. The van der Waals surface area contributed by atoms with E-state index in [1.807, 2.05) is 0 Å². The van der Waals surface area contributed by atoms with Crippen LogP contribution in [0, 0.1) is 0 Å². The Morgan fingerprint density at radius 2 is 2.05 bits per heavy atom. The van der Waals surface area contributed by atoms with Crippen LogP contribution >= 0.6 is 0 Å². The number of carbonyl (C=O) groups excluding carboxylic acids is 1. The number of halogens is 3. The third-order valence-electron chi connectivity index (χ3n) is 4.08. The molecule has 2 rings (SSSR count). The highest BCUT2D eigenvalue weighted by Gasteiger charge is 2.42. The molecule has 2 fully saturated rings. The Balaban J connectivity index is 1.91. The van der Waals surface area contributed by atoms with E-state index in [2.05, 4.69) is 0 Å². The van der Waals surface area contributed by atoms with E-state index in [4.69, 9.17) is 0 Å². The zero-order valence-electron chi connectivity index (χ0n) is 11.6. The predicted octanol–water partition coefficient (Wildman–Crippen LogP) is 1.38. The van der Waals surface area contributed by atoms with Crippen LogP contribution in [0.4, 0.5) is 13.2 Å². The van der Waals surface area contributed by atoms with Crippen LogP contribution in [0.5, 0.6) is 0 Å². The summed E-state index contributed by atoms with van der Waals surface area (Å²) in [6, 6.07) is 0.194. The van der Waals surface area contributed by atoms with Crippen LogP contribution in [0.1, 0.15) is 32.6 Å². The lowest BCUT2D eigenvalue weighted by Crippen LogP contribution is -2.48. The van der Waals surface area contributed by atoms with Crippen molar-refractivity contribution in [3.63, 3.8) is 0 Å². The van der Waals surface area contributed by atoms with E-state index in [9.17, 15) is 23.1 Å². The molecule has 1 saturated carbocycles. The molecular weight excluding hydrogens is 273 g/mol. The van der Waals surface area contributed by atoms with Crippen molar-refractivity contribution in [2.24, 2.45) is 0 Å². The third kappa shape index (κ3) is 3.85. The van der Waals surface area contributed by atoms with Crippen LogP contribution in [-0.2, 0) is 4.79 Å². The molecule has 0 radical (unpaired) electrons. The monoisotopic (exact) mass is 294 g/mol. The second kappa shape index (κ2) is 5.89. The Bertz CT molecular complexity index is 358. The molecule has 2 aliphatic rings. The van der Waals surface area contributed by atoms with Crippen molar-refractivity contribution in [1.29, 1.82) is 0 Å². The second-order valence-electron chi connectivity index (χ2n) is 5.75. The van der Waals surface area contributed by atoms with Gasteiger partial charge in [-0.05, 0) is 32.2 Å². The summed E-state index contributed by atoms with van der Waals surface area (Å²) in [6.45, 7) is 2.13. The van der Waals surface area contributed by atoms with Crippen LogP contribution < -0.4 is 0 Å². The summed E-state index contributed by atoms with van der Waals surface area (Å²) in [5, 5.41) is 9.18. The van der Waals surface area contributed by atoms with Crippen LogP contribution in [0.2, 0.25) is 0 Å². The number of alkyl halides is 3. The molecule has 1 aliphatic heterocycles. The van der Waals surface area contributed by atoms with Gasteiger partial charge in [-0.3, -0.25) is 9.69 Å². The van der Waals surface area contributed by atoms with Crippen LogP contribution in [0.3, 0.4) is 0 Å². The molecule has 1 N–H and O–H groups in total. The van der Waals surface area contributed by atoms with E-state index in [1.54, 1.807) is 9.80 Å². The summed E-state index contributed by atoms with van der Waals surface area (Å²) in [5.41, 5.74) is 0. The van der Waals surface area contributed by atoms with E-state index in [-0.39, 0.29) is 18.0 Å². The quantitative estimate of drug-likeness (QED) is 0.833. The zero-order chi connectivity index (χ0) is 14.9. The van der Waals surface area contributed by atoms with E-state index < -0.39 is 18.8 Å². The highest BCUT2D eigenvalue weighted by molar-refractivity contribution is 5.74. The highest BCUT2D eigenvalue weighted by atomic mass is 19.4. The largest absolute Gasteiger partial charge is 0.415 e. The standard InChI is InChI=1S/C13H21F3N2O2/c1-9(19)18(10-4-5-10)7-11-3-2-6-17(11)8-12(20)13(14,15)16/h10-12,20H,2-8H2,1H3. The fourth-order valence-corrected chi connectivity index (χ4v) is 2.82. The first kappa shape index (κ1) is 15.6. The first-order valence-electron chi connectivity index (χ1n) is 7.05. The van der Waals surface area contributed by atoms with E-state index in [0.717, 1.165) is 25.7 Å². The molecule has 0 spiro atoms. The number of amides is 1. The number of nitrogens with zero attached hydrogens (tertiary/aromatic N) is 2. The van der Waals surface area contributed by atoms with Gasteiger partial charge in [-0.1, -0.05) is 0 Å². The summed E-state index contributed by atoms with van der Waals surface area (Å²) in [4.78, 5) is 15.0. The van der Waals surface area contributed by atoms with Crippen molar-refractivity contribution in [3.05, 3.63) is 0 Å². The first-order chi connectivity index (χ1) is 9.29. The number of aliphatic hydroxyl groups is 1. The lowest BCUT2D eigenvalue weighted by Gasteiger charge is -2.32. The minimum atomic E-state index is -4.58. The number of aliphatic hydroxyl groups excluding tert-OH is 1. The van der Waals surface area contributed by atoms with Gasteiger partial charge in [0.15, 0.2) is 6.10 Å². The Kier molecular flexibility index (Phi) is 4.59. The normalized spacial score (nSPS) is 25.8. The maximum Gasteiger partial charge on any atom is 0.415 e. The number of likely N-dealkylation sites (tertiary alicyclic amines) is 1. The van der Waals surface area contributed by atoms with E-state index in [1.165, 1.54) is 6.92 Å². The number of hydrogen-bond donors (Lipinski definition) is 1. The van der Waals surface area contributed by atoms with Gasteiger partial charge in [0.25, 0.3) is 0 Å². The lowest BCUT2D eigenvalue weighted by atomic mass is 10.2. The van der Waals surface area contributed by atoms with Gasteiger partial charge in [0.1, 0.15) is 0 Å². The van der Waals surface area contributed by atoms with Crippen LogP contribution in [0.25, 0.3) is 0 Å². The van der Waals surface area contributed by atoms with Gasteiger partial charge in [-0.2, -0.15) is 13.2 Å². The predicted molar refractivity (Wildman–Crippen MR) is 67.1 cm³/mol. The molecule has 7 heteroatoms. The van der Waals surface area contributed by atoms with Crippen molar-refractivity contribution in [2.75, 3.05) is 19.6 Å². The van der Waals surface area contributed by atoms with Crippen molar-refractivity contribution in [1.82, 2.24) is 9.80 Å². The molecule has 2 unspecified atom stereocenters. The van der Waals surface area contributed by atoms with E-state index in [0.29, 0.717) is 13.1 Å². The van der Waals surface area contributed by atoms with Gasteiger partial charge in [0.05, 0.1) is 0 Å². The SMILES string of the molecule is CC(=O)N(CC1CCCN1CC(O)C(F)(F)F)C1CC1. The average Bonchev–Trinajstić information content (AvgIpc) is 3.07. The number of carbonyl (C=O) groups is 1. The molecular formula is C13H21F3N2O2. The smallest absolute Gasteiger partial charge is 0.382 e. The molecule has 20 heavy (non-hydrogen) atoms. The van der Waals surface area contributed by atoms with E-state index >= 15 is 0 Å². The molecule has 1 saturated heterocycles. The molecule has 0 bridgehead atoms. The van der Waals surface area contributed by atoms with Gasteiger partial charge in [0, 0.05) is 32.1 Å². The van der Waals surface area contributed by atoms with Crippen molar-refractivity contribution >= 4 is 5.91 Å². The molecule has 116 valence electrons. The number of rotatable bonds is 5. The number of β-amino-alcohol motifs (C(OH)–C–C–N with tert-alkyl or cyclic N) is 1. The summed E-state index contributed by atoms with van der Waals surface area (Å²) >= 11 is 0. The van der Waals surface area contributed by atoms with Gasteiger partial charge in [-0.25, -0.2) is 0 Å². The first-order valence-corrected chi connectivity index (χ1v) is 7.05. The van der Waals surface area contributed by atoms with Crippen LogP contribution in [-0.4, -0.2) is 64.8 Å².